The van der Waals surface area contributed by atoms with Crippen molar-refractivity contribution in [1.82, 2.24) is 9.97 Å². The van der Waals surface area contributed by atoms with Gasteiger partial charge in [-0.05, 0) is 0 Å². The lowest BCUT2D eigenvalue weighted by molar-refractivity contribution is -0.118. The van der Waals surface area contributed by atoms with E-state index in [0.717, 1.165) is 0 Å². The van der Waals surface area contributed by atoms with Crippen LogP contribution in [-0.4, -0.2) is 15.8 Å². The van der Waals surface area contributed by atoms with Crippen molar-refractivity contribution >= 4 is 5.78 Å². The fraction of sp³-hybridized carbons (Fsp3) is 0.375. The van der Waals surface area contributed by atoms with Crippen LogP contribution in [0, 0.1) is 0 Å². The van der Waals surface area contributed by atoms with Crippen LogP contribution in [-0.2, 0) is 11.2 Å². The van der Waals surface area contributed by atoms with E-state index in [1.54, 1.807) is 6.92 Å². The van der Waals surface area contributed by atoms with Gasteiger partial charge >= 0.3 is 5.69 Å². The molecule has 0 fully saturated rings. The highest BCUT2D eigenvalue weighted by Gasteiger charge is 2.02. The molecule has 2 N–H and O–H groups in total. The van der Waals surface area contributed by atoms with Crippen molar-refractivity contribution < 1.29 is 4.79 Å². The van der Waals surface area contributed by atoms with Crippen LogP contribution in [0.4, 0.5) is 0 Å². The number of Topliss-reactive ketones (excluding diaryl/α,β-unsaturated/α-hetero) is 1. The maximum atomic E-state index is 11.0. The molecule has 0 bridgehead atoms. The number of aromatic amines is 2. The maximum absolute atomic E-state index is 11.0. The quantitative estimate of drug-likeness (QED) is 0.666. The number of nitrogens with one attached hydrogen (secondary N) is 2. The molecule has 1 heterocycles. The Kier molecular flexibility index (Phi) is 2.79. The average molecular weight is 182 g/mol. The SMILES string of the molecule is CCC(=O)Cc1cc(=O)[nH]c(=O)[nH]1. The Labute approximate surface area is 73.8 Å². The summed E-state index contributed by atoms with van der Waals surface area (Å²) in [6.45, 7) is 1.73. The Morgan fingerprint density at radius 3 is 2.62 bits per heavy atom. The average Bonchev–Trinajstić information content (AvgIpc) is 2.02. The molecule has 0 amide bonds. The van der Waals surface area contributed by atoms with Gasteiger partial charge in [0.05, 0.1) is 0 Å². The molecule has 0 spiro atoms. The van der Waals surface area contributed by atoms with Gasteiger partial charge in [0.2, 0.25) is 0 Å². The van der Waals surface area contributed by atoms with E-state index in [2.05, 4.69) is 4.98 Å². The molecule has 1 aromatic rings. The van der Waals surface area contributed by atoms with Crippen molar-refractivity contribution in [3.63, 3.8) is 0 Å². The number of carbonyl (C=O) groups is 1. The van der Waals surface area contributed by atoms with E-state index in [0.29, 0.717) is 12.1 Å². The number of aromatic nitrogens is 2. The third kappa shape index (κ3) is 2.70. The van der Waals surface area contributed by atoms with Gasteiger partial charge in [0, 0.05) is 24.6 Å². The molecule has 70 valence electrons. The van der Waals surface area contributed by atoms with E-state index < -0.39 is 11.2 Å². The Hall–Kier alpha value is -1.65. The molecule has 0 aliphatic rings. The van der Waals surface area contributed by atoms with Crippen LogP contribution < -0.4 is 11.2 Å². The summed E-state index contributed by atoms with van der Waals surface area (Å²) in [6, 6.07) is 1.22. The first-order valence-corrected chi connectivity index (χ1v) is 3.96. The van der Waals surface area contributed by atoms with Crippen molar-refractivity contribution in [1.29, 1.82) is 0 Å². The number of rotatable bonds is 3. The summed E-state index contributed by atoms with van der Waals surface area (Å²) in [5, 5.41) is 0. The van der Waals surface area contributed by atoms with Gasteiger partial charge in [-0.15, -0.1) is 0 Å². The van der Waals surface area contributed by atoms with E-state index in [1.165, 1.54) is 6.07 Å². The van der Waals surface area contributed by atoms with Gasteiger partial charge in [-0.3, -0.25) is 14.6 Å². The van der Waals surface area contributed by atoms with Gasteiger partial charge in [-0.25, -0.2) is 4.79 Å². The van der Waals surface area contributed by atoms with Crippen LogP contribution >= 0.6 is 0 Å². The molecular weight excluding hydrogens is 172 g/mol. The van der Waals surface area contributed by atoms with E-state index in [9.17, 15) is 14.4 Å². The molecule has 13 heavy (non-hydrogen) atoms. The van der Waals surface area contributed by atoms with Crippen molar-refractivity contribution in [2.24, 2.45) is 0 Å². The summed E-state index contributed by atoms with van der Waals surface area (Å²) in [4.78, 5) is 36.9. The lowest BCUT2D eigenvalue weighted by Crippen LogP contribution is -2.23. The van der Waals surface area contributed by atoms with Gasteiger partial charge in [0.25, 0.3) is 5.56 Å². The van der Waals surface area contributed by atoms with Gasteiger partial charge in [0.15, 0.2) is 0 Å². The smallest absolute Gasteiger partial charge is 0.311 e. The fourth-order valence-corrected chi connectivity index (χ4v) is 0.952. The molecule has 1 aromatic heterocycles. The van der Waals surface area contributed by atoms with E-state index >= 15 is 0 Å². The number of hydrogen-bond acceptors (Lipinski definition) is 3. The Morgan fingerprint density at radius 1 is 1.38 bits per heavy atom. The molecule has 0 unspecified atom stereocenters. The maximum Gasteiger partial charge on any atom is 0.325 e. The summed E-state index contributed by atoms with van der Waals surface area (Å²) in [5.41, 5.74) is -0.699. The van der Waals surface area contributed by atoms with Crippen LogP contribution in [0.15, 0.2) is 15.7 Å². The first kappa shape index (κ1) is 9.44. The summed E-state index contributed by atoms with van der Waals surface area (Å²) in [5.74, 6) is -0.0127. The molecule has 0 saturated heterocycles. The standard InChI is InChI=1S/C8H10N2O3/c1-2-6(11)3-5-4-7(12)10-8(13)9-5/h4H,2-3H2,1H3,(H2,9,10,12,13). The Bertz CT molecular complexity index is 388. The molecule has 5 nitrogen and oxygen atoms in total. The van der Waals surface area contributed by atoms with Crippen molar-refractivity contribution in [3.05, 3.63) is 32.6 Å². The van der Waals surface area contributed by atoms with E-state index in [4.69, 9.17) is 0 Å². The topological polar surface area (TPSA) is 82.8 Å². The largest absolute Gasteiger partial charge is 0.325 e. The van der Waals surface area contributed by atoms with Gasteiger partial charge in [-0.2, -0.15) is 0 Å². The Morgan fingerprint density at radius 2 is 2.08 bits per heavy atom. The summed E-state index contributed by atoms with van der Waals surface area (Å²) in [6.07, 6.45) is 0.504. The lowest BCUT2D eigenvalue weighted by atomic mass is 10.2. The van der Waals surface area contributed by atoms with Crippen LogP contribution in [0.2, 0.25) is 0 Å². The second-order valence-electron chi connectivity index (χ2n) is 2.68. The number of hydrogen-bond donors (Lipinski definition) is 2. The van der Waals surface area contributed by atoms with E-state index in [-0.39, 0.29) is 12.2 Å². The van der Waals surface area contributed by atoms with Crippen LogP contribution in [0.5, 0.6) is 0 Å². The van der Waals surface area contributed by atoms with Gasteiger partial charge in [0.1, 0.15) is 5.78 Å². The predicted molar refractivity (Wildman–Crippen MR) is 46.7 cm³/mol. The lowest BCUT2D eigenvalue weighted by Gasteiger charge is -1.96. The molecule has 0 aliphatic heterocycles. The monoisotopic (exact) mass is 182 g/mol. The number of H-pyrrole nitrogens is 2. The highest BCUT2D eigenvalue weighted by Crippen LogP contribution is 1.92. The normalized spacial score (nSPS) is 9.92. The van der Waals surface area contributed by atoms with Crippen molar-refractivity contribution in [2.75, 3.05) is 0 Å². The van der Waals surface area contributed by atoms with Crippen LogP contribution in [0.1, 0.15) is 19.0 Å². The minimum absolute atomic E-state index is 0.0127. The molecule has 0 saturated carbocycles. The fourth-order valence-electron chi connectivity index (χ4n) is 0.952. The highest BCUT2D eigenvalue weighted by atomic mass is 16.2. The van der Waals surface area contributed by atoms with Crippen molar-refractivity contribution in [2.45, 2.75) is 19.8 Å². The Balaban J connectivity index is 2.96. The van der Waals surface area contributed by atoms with E-state index in [1.807, 2.05) is 4.98 Å². The molecule has 0 radical (unpaired) electrons. The summed E-state index contributed by atoms with van der Waals surface area (Å²) in [7, 11) is 0. The molecule has 0 atom stereocenters. The zero-order chi connectivity index (χ0) is 9.84. The number of ketones is 1. The molecular formula is C8H10N2O3. The third-order valence-electron chi connectivity index (χ3n) is 1.60. The second kappa shape index (κ2) is 3.84. The molecule has 0 aliphatic carbocycles. The summed E-state index contributed by atoms with van der Waals surface area (Å²) >= 11 is 0. The van der Waals surface area contributed by atoms with Crippen molar-refractivity contribution in [3.8, 4) is 0 Å². The zero-order valence-electron chi connectivity index (χ0n) is 7.22. The third-order valence-corrected chi connectivity index (χ3v) is 1.60. The van der Waals surface area contributed by atoms with Gasteiger partial charge < -0.3 is 4.98 Å². The first-order valence-electron chi connectivity index (χ1n) is 3.96. The zero-order valence-corrected chi connectivity index (χ0v) is 7.22. The van der Waals surface area contributed by atoms with Gasteiger partial charge in [-0.1, -0.05) is 6.92 Å². The first-order chi connectivity index (χ1) is 6.11. The molecule has 1 rings (SSSR count). The minimum Gasteiger partial charge on any atom is -0.311 e. The number of carbonyl (C=O) groups excluding carboxylic acids is 1. The summed E-state index contributed by atoms with van der Waals surface area (Å²) < 4.78 is 0. The van der Waals surface area contributed by atoms with Crippen LogP contribution in [0.3, 0.4) is 0 Å². The minimum atomic E-state index is -0.577. The molecule has 5 heteroatoms. The highest BCUT2D eigenvalue weighted by molar-refractivity contribution is 5.79. The molecule has 0 aromatic carbocycles. The second-order valence-corrected chi connectivity index (χ2v) is 2.68. The van der Waals surface area contributed by atoms with Crippen LogP contribution in [0.25, 0.3) is 0 Å². The predicted octanol–water partition coefficient (Wildman–Crippen LogP) is -0.415.